The minimum Gasteiger partial charge on any atom is -0.464 e. The lowest BCUT2D eigenvalue weighted by atomic mass is 10.2. The minimum absolute atomic E-state index is 0.552. The molecule has 102 valence electrons. The van der Waals surface area contributed by atoms with Gasteiger partial charge in [-0.2, -0.15) is 5.26 Å². The van der Waals surface area contributed by atoms with E-state index in [4.69, 9.17) is 21.3 Å². The fraction of sp³-hybridized carbons (Fsp3) is 0.312. The Labute approximate surface area is 123 Å². The van der Waals surface area contributed by atoms with Crippen LogP contribution in [0.1, 0.15) is 36.3 Å². The molecule has 3 nitrogen and oxygen atoms in total. The molecule has 1 aliphatic rings. The Morgan fingerprint density at radius 3 is 2.90 bits per heavy atom. The molecule has 2 aromatic rings. The number of rotatable bonds is 4. The van der Waals surface area contributed by atoms with Crippen molar-refractivity contribution in [3.8, 4) is 6.07 Å². The van der Waals surface area contributed by atoms with Crippen molar-refractivity contribution in [1.29, 1.82) is 5.26 Å². The van der Waals surface area contributed by atoms with Gasteiger partial charge >= 0.3 is 0 Å². The molecule has 1 fully saturated rings. The molecule has 1 aromatic heterocycles. The Balaban J connectivity index is 1.69. The van der Waals surface area contributed by atoms with Crippen molar-refractivity contribution in [3.63, 3.8) is 0 Å². The summed E-state index contributed by atoms with van der Waals surface area (Å²) in [5.41, 5.74) is 1.31. The highest BCUT2D eigenvalue weighted by molar-refractivity contribution is 6.30. The number of hydrogen-bond acceptors (Lipinski definition) is 3. The second-order valence-corrected chi connectivity index (χ2v) is 5.72. The highest BCUT2D eigenvalue weighted by atomic mass is 35.5. The summed E-state index contributed by atoms with van der Waals surface area (Å²) in [6.45, 7) is 2.78. The molecule has 1 aromatic carbocycles. The van der Waals surface area contributed by atoms with Gasteiger partial charge < -0.3 is 9.73 Å². The number of hydrogen-bond donors (Lipinski definition) is 1. The summed E-state index contributed by atoms with van der Waals surface area (Å²) >= 11 is 5.95. The zero-order chi connectivity index (χ0) is 14.1. The van der Waals surface area contributed by atoms with Crippen LogP contribution in [0.2, 0.25) is 5.02 Å². The van der Waals surface area contributed by atoms with Gasteiger partial charge in [-0.25, -0.2) is 0 Å². The van der Waals surface area contributed by atoms with Crippen molar-refractivity contribution in [1.82, 2.24) is 0 Å². The Hall–Kier alpha value is -1.92. The Morgan fingerprint density at radius 2 is 2.20 bits per heavy atom. The maximum Gasteiger partial charge on any atom is 0.123 e. The molecule has 0 radical (unpaired) electrons. The summed E-state index contributed by atoms with van der Waals surface area (Å²) in [5.74, 6) is 3.27. The van der Waals surface area contributed by atoms with Crippen LogP contribution in [-0.4, -0.2) is 0 Å². The first kappa shape index (κ1) is 13.1. The van der Waals surface area contributed by atoms with Crippen molar-refractivity contribution < 1.29 is 4.42 Å². The zero-order valence-corrected chi connectivity index (χ0v) is 11.9. The Morgan fingerprint density at radius 1 is 1.40 bits per heavy atom. The highest BCUT2D eigenvalue weighted by Crippen LogP contribution is 2.47. The van der Waals surface area contributed by atoms with E-state index in [0.717, 1.165) is 23.1 Å². The van der Waals surface area contributed by atoms with E-state index in [-0.39, 0.29) is 0 Å². The molecule has 2 atom stereocenters. The average Bonchev–Trinajstić information content (AvgIpc) is 3.00. The van der Waals surface area contributed by atoms with E-state index in [9.17, 15) is 0 Å². The van der Waals surface area contributed by atoms with Crippen LogP contribution < -0.4 is 5.32 Å². The zero-order valence-electron chi connectivity index (χ0n) is 11.2. The van der Waals surface area contributed by atoms with Crippen LogP contribution in [0.3, 0.4) is 0 Å². The van der Waals surface area contributed by atoms with Gasteiger partial charge in [0, 0.05) is 10.9 Å². The number of nitrogens with zero attached hydrogens (tertiary/aromatic N) is 1. The second kappa shape index (κ2) is 5.22. The average molecular weight is 287 g/mol. The van der Waals surface area contributed by atoms with Crippen LogP contribution >= 0.6 is 11.6 Å². The standard InChI is InChI=1S/C16H15ClN2O/c1-10-6-14(10)16-5-4-13(20-16)9-19-15-7-12(17)3-2-11(15)8-18/h2-5,7,10,14,19H,6,9H2,1H3. The molecular formula is C16H15ClN2O. The van der Waals surface area contributed by atoms with Gasteiger partial charge in [0.15, 0.2) is 0 Å². The Kier molecular flexibility index (Phi) is 3.42. The molecule has 3 rings (SSSR count). The molecule has 0 bridgehead atoms. The molecule has 2 unspecified atom stereocenters. The van der Waals surface area contributed by atoms with E-state index in [1.807, 2.05) is 12.1 Å². The lowest BCUT2D eigenvalue weighted by molar-refractivity contribution is 0.468. The third kappa shape index (κ3) is 2.66. The molecule has 1 heterocycles. The lowest BCUT2D eigenvalue weighted by Crippen LogP contribution is -2.00. The molecule has 4 heteroatoms. The largest absolute Gasteiger partial charge is 0.464 e. The topological polar surface area (TPSA) is 49.0 Å². The third-order valence-corrected chi connectivity index (χ3v) is 3.95. The van der Waals surface area contributed by atoms with Gasteiger partial charge in [-0.3, -0.25) is 0 Å². The van der Waals surface area contributed by atoms with Crippen LogP contribution in [0.15, 0.2) is 34.7 Å². The van der Waals surface area contributed by atoms with Gasteiger partial charge in [0.25, 0.3) is 0 Å². The number of nitrogens with one attached hydrogen (secondary N) is 1. The summed E-state index contributed by atoms with van der Waals surface area (Å²) in [5, 5.41) is 12.9. The highest BCUT2D eigenvalue weighted by Gasteiger charge is 2.36. The summed E-state index contributed by atoms with van der Waals surface area (Å²) in [6, 6.07) is 11.4. The summed E-state index contributed by atoms with van der Waals surface area (Å²) in [7, 11) is 0. The number of anilines is 1. The summed E-state index contributed by atoms with van der Waals surface area (Å²) in [4.78, 5) is 0. The van der Waals surface area contributed by atoms with Crippen molar-refractivity contribution in [2.75, 3.05) is 5.32 Å². The van der Waals surface area contributed by atoms with Gasteiger partial charge in [-0.05, 0) is 42.7 Å². The molecule has 20 heavy (non-hydrogen) atoms. The number of benzene rings is 1. The van der Waals surface area contributed by atoms with E-state index in [2.05, 4.69) is 18.3 Å². The number of halogens is 1. The van der Waals surface area contributed by atoms with Gasteiger partial charge in [0.05, 0.1) is 17.8 Å². The predicted octanol–water partition coefficient (Wildman–Crippen LogP) is 4.54. The smallest absolute Gasteiger partial charge is 0.123 e. The second-order valence-electron chi connectivity index (χ2n) is 5.28. The van der Waals surface area contributed by atoms with Crippen LogP contribution in [0.5, 0.6) is 0 Å². The first-order chi connectivity index (χ1) is 9.67. The quantitative estimate of drug-likeness (QED) is 0.897. The van der Waals surface area contributed by atoms with Crippen LogP contribution in [0.25, 0.3) is 0 Å². The molecular weight excluding hydrogens is 272 g/mol. The van der Waals surface area contributed by atoms with E-state index in [1.54, 1.807) is 18.2 Å². The maximum atomic E-state index is 9.06. The first-order valence-corrected chi connectivity index (χ1v) is 7.07. The number of nitriles is 1. The fourth-order valence-corrected chi connectivity index (χ4v) is 2.52. The number of furan rings is 1. The summed E-state index contributed by atoms with van der Waals surface area (Å²) < 4.78 is 5.83. The Bertz CT molecular complexity index is 671. The van der Waals surface area contributed by atoms with E-state index in [1.165, 1.54) is 6.42 Å². The van der Waals surface area contributed by atoms with E-state index in [0.29, 0.717) is 23.0 Å². The normalized spacial score (nSPS) is 20.4. The fourth-order valence-electron chi connectivity index (χ4n) is 2.35. The third-order valence-electron chi connectivity index (χ3n) is 3.71. The minimum atomic E-state index is 0.552. The van der Waals surface area contributed by atoms with Crippen molar-refractivity contribution >= 4 is 17.3 Å². The van der Waals surface area contributed by atoms with Crippen LogP contribution in [0.4, 0.5) is 5.69 Å². The van der Waals surface area contributed by atoms with Crippen molar-refractivity contribution in [2.24, 2.45) is 5.92 Å². The monoisotopic (exact) mass is 286 g/mol. The molecule has 0 aliphatic heterocycles. The van der Waals surface area contributed by atoms with Crippen molar-refractivity contribution in [3.05, 3.63) is 52.4 Å². The van der Waals surface area contributed by atoms with E-state index < -0.39 is 0 Å². The molecule has 1 N–H and O–H groups in total. The summed E-state index contributed by atoms with van der Waals surface area (Å²) in [6.07, 6.45) is 1.22. The first-order valence-electron chi connectivity index (χ1n) is 6.69. The lowest BCUT2D eigenvalue weighted by Gasteiger charge is -2.07. The van der Waals surface area contributed by atoms with Gasteiger partial charge in [-0.1, -0.05) is 18.5 Å². The van der Waals surface area contributed by atoms with Crippen LogP contribution in [-0.2, 0) is 6.54 Å². The molecule has 0 amide bonds. The molecule has 1 aliphatic carbocycles. The molecule has 0 saturated heterocycles. The SMILES string of the molecule is CC1CC1c1ccc(CNc2cc(Cl)ccc2C#N)o1. The van der Waals surface area contributed by atoms with Gasteiger partial charge in [0.1, 0.15) is 17.6 Å². The van der Waals surface area contributed by atoms with Crippen LogP contribution in [0, 0.1) is 17.2 Å². The molecule has 1 saturated carbocycles. The maximum absolute atomic E-state index is 9.06. The van der Waals surface area contributed by atoms with E-state index >= 15 is 0 Å². The molecule has 0 spiro atoms. The predicted molar refractivity (Wildman–Crippen MR) is 78.7 cm³/mol. The van der Waals surface area contributed by atoms with Crippen molar-refractivity contribution in [2.45, 2.75) is 25.8 Å². The van der Waals surface area contributed by atoms with Gasteiger partial charge in [0.2, 0.25) is 0 Å². The van der Waals surface area contributed by atoms with Gasteiger partial charge in [-0.15, -0.1) is 0 Å².